The van der Waals surface area contributed by atoms with Crippen LogP contribution in [0.25, 0.3) is 6.08 Å². The highest BCUT2D eigenvalue weighted by atomic mass is 32.2. The molecule has 0 aromatic heterocycles. The van der Waals surface area contributed by atoms with Crippen molar-refractivity contribution < 1.29 is 13.2 Å². The van der Waals surface area contributed by atoms with Crippen molar-refractivity contribution in [3.63, 3.8) is 0 Å². The molecule has 2 aromatic rings. The third kappa shape index (κ3) is 4.96. The molecule has 0 atom stereocenters. The van der Waals surface area contributed by atoms with Gasteiger partial charge in [-0.05, 0) is 62.1 Å². The minimum atomic E-state index is -3.60. The van der Waals surface area contributed by atoms with Crippen LogP contribution in [0, 0.1) is 25.2 Å². The number of carbonyl (C=O) groups is 1. The molecule has 1 aliphatic heterocycles. The number of nitrogens with zero attached hydrogens (tertiary/aromatic N) is 2. The summed E-state index contributed by atoms with van der Waals surface area (Å²) in [6, 6.07) is 13.9. The van der Waals surface area contributed by atoms with E-state index in [9.17, 15) is 18.5 Å². The Balaban J connectivity index is 1.82. The Morgan fingerprint density at radius 1 is 1.10 bits per heavy atom. The van der Waals surface area contributed by atoms with Crippen LogP contribution < -0.4 is 5.32 Å². The van der Waals surface area contributed by atoms with E-state index in [2.05, 4.69) is 5.32 Å². The van der Waals surface area contributed by atoms with E-state index in [1.807, 2.05) is 38.1 Å². The maximum atomic E-state index is 12.9. The van der Waals surface area contributed by atoms with Gasteiger partial charge in [-0.25, -0.2) is 8.42 Å². The van der Waals surface area contributed by atoms with Crippen molar-refractivity contribution in [1.82, 2.24) is 4.31 Å². The lowest BCUT2D eigenvalue weighted by Crippen LogP contribution is -2.35. The summed E-state index contributed by atoms with van der Waals surface area (Å²) in [5, 5.41) is 12.1. The molecule has 2 aromatic carbocycles. The molecule has 1 N–H and O–H groups in total. The molecule has 1 aliphatic rings. The Morgan fingerprint density at radius 3 is 2.50 bits per heavy atom. The first-order valence-corrected chi connectivity index (χ1v) is 11.4. The topological polar surface area (TPSA) is 90.3 Å². The zero-order valence-corrected chi connectivity index (χ0v) is 18.0. The van der Waals surface area contributed by atoms with Crippen LogP contribution in [0.3, 0.4) is 0 Å². The van der Waals surface area contributed by atoms with Crippen LogP contribution in [0.2, 0.25) is 0 Å². The molecule has 1 fully saturated rings. The fourth-order valence-electron chi connectivity index (χ4n) is 3.48. The zero-order chi connectivity index (χ0) is 21.7. The van der Waals surface area contributed by atoms with Gasteiger partial charge in [0.25, 0.3) is 5.91 Å². The molecule has 0 radical (unpaired) electrons. The van der Waals surface area contributed by atoms with Gasteiger partial charge in [0.1, 0.15) is 11.6 Å². The smallest absolute Gasteiger partial charge is 0.266 e. The summed E-state index contributed by atoms with van der Waals surface area (Å²) >= 11 is 0. The van der Waals surface area contributed by atoms with Crippen LogP contribution in [0.5, 0.6) is 0 Å². The molecule has 30 heavy (non-hydrogen) atoms. The molecular formula is C23H25N3O3S. The molecule has 1 amide bonds. The molecule has 3 rings (SSSR count). The maximum absolute atomic E-state index is 12.9. The van der Waals surface area contributed by atoms with Gasteiger partial charge in [0.05, 0.1) is 4.90 Å². The first-order valence-electron chi connectivity index (χ1n) is 9.92. The Morgan fingerprint density at radius 2 is 1.83 bits per heavy atom. The molecule has 0 bridgehead atoms. The van der Waals surface area contributed by atoms with Crippen molar-refractivity contribution >= 4 is 27.7 Å². The molecular weight excluding hydrogens is 398 g/mol. The second-order valence-corrected chi connectivity index (χ2v) is 9.41. The number of piperidine rings is 1. The number of amides is 1. The van der Waals surface area contributed by atoms with Gasteiger partial charge < -0.3 is 5.32 Å². The number of carbonyl (C=O) groups excluding carboxylic acids is 1. The number of aryl methyl sites for hydroxylation is 2. The number of nitriles is 1. The van der Waals surface area contributed by atoms with E-state index in [-0.39, 0.29) is 10.5 Å². The predicted molar refractivity (Wildman–Crippen MR) is 117 cm³/mol. The van der Waals surface area contributed by atoms with Crippen LogP contribution >= 0.6 is 0 Å². The largest absolute Gasteiger partial charge is 0.321 e. The zero-order valence-electron chi connectivity index (χ0n) is 17.2. The summed E-state index contributed by atoms with van der Waals surface area (Å²) in [4.78, 5) is 12.8. The van der Waals surface area contributed by atoms with Gasteiger partial charge in [0.15, 0.2) is 0 Å². The molecule has 0 saturated carbocycles. The fourth-order valence-corrected chi connectivity index (χ4v) is 5.04. The van der Waals surface area contributed by atoms with Crippen molar-refractivity contribution in [1.29, 1.82) is 5.26 Å². The van der Waals surface area contributed by atoms with E-state index in [0.717, 1.165) is 36.0 Å². The summed E-state index contributed by atoms with van der Waals surface area (Å²) in [7, 11) is -3.60. The lowest BCUT2D eigenvalue weighted by Gasteiger charge is -2.26. The van der Waals surface area contributed by atoms with Crippen molar-refractivity contribution in [3.8, 4) is 6.07 Å². The SMILES string of the molecule is Cc1ccc(/C=C(\C#N)C(=O)Nc2cccc(S(=O)(=O)N3CCCCC3)c2)c(C)c1. The van der Waals surface area contributed by atoms with E-state index < -0.39 is 15.9 Å². The molecule has 1 heterocycles. The van der Waals surface area contributed by atoms with E-state index in [1.54, 1.807) is 18.2 Å². The van der Waals surface area contributed by atoms with Gasteiger partial charge in [0, 0.05) is 18.8 Å². The molecule has 0 aliphatic carbocycles. The van der Waals surface area contributed by atoms with Crippen LogP contribution in [0.1, 0.15) is 36.0 Å². The average molecular weight is 424 g/mol. The number of anilines is 1. The molecule has 6 nitrogen and oxygen atoms in total. The third-order valence-corrected chi connectivity index (χ3v) is 7.03. The van der Waals surface area contributed by atoms with Crippen molar-refractivity contribution in [2.45, 2.75) is 38.0 Å². The molecule has 1 saturated heterocycles. The third-order valence-electron chi connectivity index (χ3n) is 5.13. The Hall–Kier alpha value is -2.95. The van der Waals surface area contributed by atoms with Crippen molar-refractivity contribution in [2.24, 2.45) is 0 Å². The van der Waals surface area contributed by atoms with E-state index >= 15 is 0 Å². The predicted octanol–water partition coefficient (Wildman–Crippen LogP) is 4.02. The first kappa shape index (κ1) is 21.8. The highest BCUT2D eigenvalue weighted by Gasteiger charge is 2.26. The van der Waals surface area contributed by atoms with Crippen LogP contribution in [0.4, 0.5) is 5.69 Å². The first-order chi connectivity index (χ1) is 14.3. The average Bonchev–Trinajstić information content (AvgIpc) is 2.74. The van der Waals surface area contributed by atoms with Crippen LogP contribution in [-0.4, -0.2) is 31.7 Å². The summed E-state index contributed by atoms with van der Waals surface area (Å²) in [5.41, 5.74) is 3.13. The summed E-state index contributed by atoms with van der Waals surface area (Å²) < 4.78 is 27.2. The lowest BCUT2D eigenvalue weighted by molar-refractivity contribution is -0.112. The Bertz CT molecular complexity index is 1120. The minimum Gasteiger partial charge on any atom is -0.321 e. The molecule has 0 unspecified atom stereocenters. The molecule has 156 valence electrons. The van der Waals surface area contributed by atoms with Gasteiger partial charge in [0.2, 0.25) is 10.0 Å². The highest BCUT2D eigenvalue weighted by molar-refractivity contribution is 7.89. The molecule has 0 spiro atoms. The standard InChI is InChI=1S/C23H25N3O3S/c1-17-9-10-19(18(2)13-17)14-20(16-24)23(27)25-21-7-6-8-22(15-21)30(28,29)26-11-4-3-5-12-26/h6-10,13-15H,3-5,11-12H2,1-2H3,(H,25,27)/b20-14+. The van der Waals surface area contributed by atoms with Gasteiger partial charge >= 0.3 is 0 Å². The van der Waals surface area contributed by atoms with E-state index in [1.165, 1.54) is 16.4 Å². The number of sulfonamides is 1. The lowest BCUT2D eigenvalue weighted by atomic mass is 10.0. The van der Waals surface area contributed by atoms with E-state index in [0.29, 0.717) is 18.8 Å². The normalized spacial score (nSPS) is 15.4. The van der Waals surface area contributed by atoms with Crippen LogP contribution in [-0.2, 0) is 14.8 Å². The summed E-state index contributed by atoms with van der Waals surface area (Å²) in [5.74, 6) is -0.579. The van der Waals surface area contributed by atoms with Gasteiger partial charge in [-0.15, -0.1) is 0 Å². The second-order valence-electron chi connectivity index (χ2n) is 7.48. The Kier molecular flexibility index (Phi) is 6.70. The molecule has 7 heteroatoms. The fraction of sp³-hybridized carbons (Fsp3) is 0.304. The van der Waals surface area contributed by atoms with Gasteiger partial charge in [-0.1, -0.05) is 36.2 Å². The van der Waals surface area contributed by atoms with Crippen LogP contribution in [0.15, 0.2) is 52.9 Å². The second kappa shape index (κ2) is 9.24. The highest BCUT2D eigenvalue weighted by Crippen LogP contribution is 2.23. The maximum Gasteiger partial charge on any atom is 0.266 e. The minimum absolute atomic E-state index is 0.0498. The van der Waals surface area contributed by atoms with Crippen molar-refractivity contribution in [2.75, 3.05) is 18.4 Å². The number of rotatable bonds is 5. The van der Waals surface area contributed by atoms with Crippen molar-refractivity contribution in [3.05, 3.63) is 64.7 Å². The summed E-state index contributed by atoms with van der Waals surface area (Å²) in [6.07, 6.45) is 4.28. The van der Waals surface area contributed by atoms with Gasteiger partial charge in [-0.2, -0.15) is 9.57 Å². The monoisotopic (exact) mass is 423 g/mol. The van der Waals surface area contributed by atoms with Gasteiger partial charge in [-0.3, -0.25) is 4.79 Å². The summed E-state index contributed by atoms with van der Waals surface area (Å²) in [6.45, 7) is 4.91. The Labute approximate surface area is 177 Å². The number of benzene rings is 2. The number of hydrogen-bond donors (Lipinski definition) is 1. The number of hydrogen-bond acceptors (Lipinski definition) is 4. The van der Waals surface area contributed by atoms with E-state index in [4.69, 9.17) is 0 Å². The number of nitrogens with one attached hydrogen (secondary N) is 1. The quantitative estimate of drug-likeness (QED) is 0.581.